The number of amides is 2. The number of halogens is 2. The van der Waals surface area contributed by atoms with Crippen molar-refractivity contribution in [3.63, 3.8) is 0 Å². The highest BCUT2D eigenvalue weighted by Gasteiger charge is 2.18. The van der Waals surface area contributed by atoms with Gasteiger partial charge in [-0.05, 0) is 31.0 Å². The van der Waals surface area contributed by atoms with Crippen molar-refractivity contribution in [1.29, 1.82) is 0 Å². The molecule has 0 aliphatic heterocycles. The van der Waals surface area contributed by atoms with Crippen molar-refractivity contribution in [1.82, 2.24) is 5.32 Å². The summed E-state index contributed by atoms with van der Waals surface area (Å²) < 4.78 is 0. The monoisotopic (exact) mass is 314 g/mol. The first-order valence-electron chi connectivity index (χ1n) is 6.58. The average Bonchev–Trinajstić information content (AvgIpc) is 2.79. The van der Waals surface area contributed by atoms with Gasteiger partial charge in [0.2, 0.25) is 11.8 Å². The molecule has 0 aromatic heterocycles. The summed E-state index contributed by atoms with van der Waals surface area (Å²) in [7, 11) is 0. The summed E-state index contributed by atoms with van der Waals surface area (Å²) in [5, 5.41) is 6.34. The number of anilines is 1. The van der Waals surface area contributed by atoms with E-state index >= 15 is 0 Å². The zero-order valence-electron chi connectivity index (χ0n) is 10.9. The quantitative estimate of drug-likeness (QED) is 0.837. The topological polar surface area (TPSA) is 58.2 Å². The zero-order valence-corrected chi connectivity index (χ0v) is 12.4. The molecular formula is C14H16Cl2N2O2. The first kappa shape index (κ1) is 15.1. The molecule has 1 aliphatic rings. The summed E-state index contributed by atoms with van der Waals surface area (Å²) in [4.78, 5) is 23.5. The third-order valence-corrected chi connectivity index (χ3v) is 3.62. The van der Waals surface area contributed by atoms with Gasteiger partial charge in [-0.15, -0.1) is 0 Å². The van der Waals surface area contributed by atoms with Crippen LogP contribution < -0.4 is 10.6 Å². The second kappa shape index (κ2) is 6.95. The van der Waals surface area contributed by atoms with Crippen LogP contribution in [0.3, 0.4) is 0 Å². The summed E-state index contributed by atoms with van der Waals surface area (Å²) in [5.74, 6) is -0.624. The molecule has 2 N–H and O–H groups in total. The van der Waals surface area contributed by atoms with Crippen LogP contribution in [0.15, 0.2) is 18.2 Å². The second-order valence-corrected chi connectivity index (χ2v) is 5.80. The molecular weight excluding hydrogens is 299 g/mol. The molecule has 1 fully saturated rings. The fourth-order valence-corrected chi connectivity index (χ4v) is 2.85. The Balaban J connectivity index is 1.83. The minimum Gasteiger partial charge on any atom is -0.353 e. The first-order chi connectivity index (χ1) is 9.52. The maximum atomic E-state index is 11.8. The molecule has 4 nitrogen and oxygen atoms in total. The van der Waals surface area contributed by atoms with Crippen molar-refractivity contribution in [2.45, 2.75) is 38.1 Å². The van der Waals surface area contributed by atoms with Gasteiger partial charge in [0.25, 0.3) is 0 Å². The number of hydrogen-bond donors (Lipinski definition) is 2. The number of carbonyl (C=O) groups is 2. The molecule has 2 amide bonds. The van der Waals surface area contributed by atoms with Crippen LogP contribution in [-0.2, 0) is 9.59 Å². The lowest BCUT2D eigenvalue weighted by Gasteiger charge is -2.12. The molecule has 20 heavy (non-hydrogen) atoms. The molecule has 1 aliphatic carbocycles. The molecule has 0 bridgehead atoms. The molecule has 108 valence electrons. The van der Waals surface area contributed by atoms with Crippen LogP contribution in [0.2, 0.25) is 10.0 Å². The summed E-state index contributed by atoms with van der Waals surface area (Å²) in [6, 6.07) is 4.96. The number of benzene rings is 1. The van der Waals surface area contributed by atoms with E-state index in [1.54, 1.807) is 18.2 Å². The fraction of sp³-hybridized carbons (Fsp3) is 0.429. The maximum Gasteiger partial charge on any atom is 0.233 e. The molecule has 0 radical (unpaired) electrons. The Bertz CT molecular complexity index is 494. The van der Waals surface area contributed by atoms with Crippen molar-refractivity contribution in [3.05, 3.63) is 28.2 Å². The van der Waals surface area contributed by atoms with Gasteiger partial charge in [0.05, 0.1) is 0 Å². The Hall–Kier alpha value is -1.26. The van der Waals surface area contributed by atoms with Crippen molar-refractivity contribution in [2.75, 3.05) is 5.32 Å². The van der Waals surface area contributed by atoms with Gasteiger partial charge in [-0.2, -0.15) is 0 Å². The lowest BCUT2D eigenvalue weighted by Crippen LogP contribution is -2.35. The number of carbonyl (C=O) groups excluding carboxylic acids is 2. The zero-order chi connectivity index (χ0) is 14.5. The highest BCUT2D eigenvalue weighted by molar-refractivity contribution is 6.35. The van der Waals surface area contributed by atoms with Crippen molar-refractivity contribution >= 4 is 40.7 Å². The minimum absolute atomic E-state index is 0.194. The van der Waals surface area contributed by atoms with Gasteiger partial charge in [-0.25, -0.2) is 0 Å². The number of hydrogen-bond acceptors (Lipinski definition) is 2. The van der Waals surface area contributed by atoms with E-state index < -0.39 is 0 Å². The van der Waals surface area contributed by atoms with Crippen LogP contribution in [0.5, 0.6) is 0 Å². The number of rotatable bonds is 4. The highest BCUT2D eigenvalue weighted by atomic mass is 35.5. The smallest absolute Gasteiger partial charge is 0.233 e. The molecule has 0 unspecified atom stereocenters. The van der Waals surface area contributed by atoms with Crippen LogP contribution in [0.1, 0.15) is 32.1 Å². The summed E-state index contributed by atoms with van der Waals surface area (Å²) in [6.45, 7) is 0. The third-order valence-electron chi connectivity index (χ3n) is 3.19. The molecule has 1 aromatic carbocycles. The Morgan fingerprint density at radius 1 is 1.05 bits per heavy atom. The fourth-order valence-electron chi connectivity index (χ4n) is 2.33. The largest absolute Gasteiger partial charge is 0.353 e. The second-order valence-electron chi connectivity index (χ2n) is 4.93. The molecule has 2 rings (SSSR count). The van der Waals surface area contributed by atoms with Crippen LogP contribution >= 0.6 is 23.2 Å². The van der Waals surface area contributed by atoms with Gasteiger partial charge in [-0.3, -0.25) is 9.59 Å². The summed E-state index contributed by atoms with van der Waals surface area (Å²) in [5.41, 5.74) is 0.487. The molecule has 0 heterocycles. The SMILES string of the molecule is O=C(CC(=O)NC1CCCC1)Nc1cc(Cl)cc(Cl)c1. The molecule has 0 spiro atoms. The van der Waals surface area contributed by atoms with E-state index in [0.717, 1.165) is 25.7 Å². The Morgan fingerprint density at radius 3 is 2.25 bits per heavy atom. The molecule has 1 saturated carbocycles. The van der Waals surface area contributed by atoms with Crippen molar-refractivity contribution in [3.8, 4) is 0 Å². The summed E-state index contributed by atoms with van der Waals surface area (Å²) in [6.07, 6.45) is 4.07. The molecule has 0 atom stereocenters. The Kier molecular flexibility index (Phi) is 5.26. The Morgan fingerprint density at radius 2 is 1.65 bits per heavy atom. The lowest BCUT2D eigenvalue weighted by molar-refractivity contribution is -0.127. The standard InChI is InChI=1S/C14H16Cl2N2O2/c15-9-5-10(16)7-12(6-9)18-14(20)8-13(19)17-11-3-1-2-4-11/h5-7,11H,1-4,8H2,(H,17,19)(H,18,20). The van der Waals surface area contributed by atoms with Gasteiger partial charge in [0.1, 0.15) is 6.42 Å². The first-order valence-corrected chi connectivity index (χ1v) is 7.34. The van der Waals surface area contributed by atoms with Crippen LogP contribution in [0, 0.1) is 0 Å². The van der Waals surface area contributed by atoms with Gasteiger partial charge in [-0.1, -0.05) is 36.0 Å². The van der Waals surface area contributed by atoms with E-state index in [9.17, 15) is 9.59 Å². The van der Waals surface area contributed by atoms with E-state index in [1.165, 1.54) is 0 Å². The van der Waals surface area contributed by atoms with Gasteiger partial charge in [0.15, 0.2) is 0 Å². The van der Waals surface area contributed by atoms with E-state index in [-0.39, 0.29) is 24.3 Å². The van der Waals surface area contributed by atoms with Gasteiger partial charge < -0.3 is 10.6 Å². The summed E-state index contributed by atoms with van der Waals surface area (Å²) >= 11 is 11.7. The Labute approximate surface area is 127 Å². The number of nitrogens with one attached hydrogen (secondary N) is 2. The van der Waals surface area contributed by atoms with E-state index in [0.29, 0.717) is 15.7 Å². The third kappa shape index (κ3) is 4.69. The average molecular weight is 315 g/mol. The normalized spacial score (nSPS) is 15.1. The maximum absolute atomic E-state index is 11.8. The predicted octanol–water partition coefficient (Wildman–Crippen LogP) is 3.38. The van der Waals surface area contributed by atoms with Crippen LogP contribution in [0.25, 0.3) is 0 Å². The van der Waals surface area contributed by atoms with E-state index in [2.05, 4.69) is 10.6 Å². The van der Waals surface area contributed by atoms with Crippen molar-refractivity contribution < 1.29 is 9.59 Å². The van der Waals surface area contributed by atoms with E-state index in [1.807, 2.05) is 0 Å². The molecule has 6 heteroatoms. The lowest BCUT2D eigenvalue weighted by atomic mass is 10.2. The van der Waals surface area contributed by atoms with Crippen LogP contribution in [-0.4, -0.2) is 17.9 Å². The van der Waals surface area contributed by atoms with E-state index in [4.69, 9.17) is 23.2 Å². The van der Waals surface area contributed by atoms with Gasteiger partial charge >= 0.3 is 0 Å². The predicted molar refractivity (Wildman–Crippen MR) is 80.1 cm³/mol. The van der Waals surface area contributed by atoms with Gasteiger partial charge in [0, 0.05) is 21.8 Å². The van der Waals surface area contributed by atoms with Crippen molar-refractivity contribution in [2.24, 2.45) is 0 Å². The highest BCUT2D eigenvalue weighted by Crippen LogP contribution is 2.22. The van der Waals surface area contributed by atoms with Crippen LogP contribution in [0.4, 0.5) is 5.69 Å². The molecule has 1 aromatic rings. The minimum atomic E-state index is -0.376. The molecule has 0 saturated heterocycles.